The lowest BCUT2D eigenvalue weighted by molar-refractivity contribution is 0.590. The van der Waals surface area contributed by atoms with Crippen molar-refractivity contribution in [1.82, 2.24) is 4.57 Å². The number of fused-ring (bicyclic) bond motifs is 8. The van der Waals surface area contributed by atoms with Crippen molar-refractivity contribution in [1.29, 1.82) is 0 Å². The molecule has 2 aliphatic rings. The van der Waals surface area contributed by atoms with Crippen molar-refractivity contribution in [3.8, 4) is 44.8 Å². The van der Waals surface area contributed by atoms with Crippen molar-refractivity contribution in [2.24, 2.45) is 0 Å². The largest absolute Gasteiger partial charge is 0.551 e. The minimum Gasteiger partial charge on any atom is -0.551 e. The van der Waals surface area contributed by atoms with Crippen LogP contribution in [-0.4, -0.2) is 11.5 Å². The molecule has 8 aromatic carbocycles. The molecule has 0 bridgehead atoms. The van der Waals surface area contributed by atoms with Gasteiger partial charge < -0.3 is 14.1 Å². The van der Waals surface area contributed by atoms with Crippen molar-refractivity contribution >= 4 is 56.7 Å². The molecule has 0 aliphatic carbocycles. The average molecular weight is 663 g/mol. The molecule has 242 valence electrons. The highest BCUT2D eigenvalue weighted by molar-refractivity contribution is 6.86. The molecule has 2 aliphatic heterocycles. The molecule has 0 fully saturated rings. The van der Waals surface area contributed by atoms with Gasteiger partial charge in [0.25, 0.3) is 0 Å². The predicted molar refractivity (Wildman–Crippen MR) is 217 cm³/mol. The first-order valence-corrected chi connectivity index (χ1v) is 17.9. The van der Waals surface area contributed by atoms with E-state index >= 15 is 0 Å². The highest BCUT2D eigenvalue weighted by Crippen LogP contribution is 2.49. The van der Waals surface area contributed by atoms with Crippen LogP contribution in [-0.2, 0) is 0 Å². The fourth-order valence-corrected chi connectivity index (χ4v) is 8.50. The number of nitrogens with zero attached hydrogens (tertiary/aromatic N) is 2. The lowest BCUT2D eigenvalue weighted by Gasteiger charge is -2.40. The summed E-state index contributed by atoms with van der Waals surface area (Å²) in [4.78, 5) is 2.46. The second kappa shape index (κ2) is 11.4. The van der Waals surface area contributed by atoms with Gasteiger partial charge in [-0.1, -0.05) is 140 Å². The summed E-state index contributed by atoms with van der Waals surface area (Å²) < 4.78 is 9.60. The Hall–Kier alpha value is -6.78. The molecule has 0 saturated carbocycles. The molecule has 9 aromatic rings. The molecule has 11 rings (SSSR count). The zero-order chi connectivity index (χ0) is 34.2. The van der Waals surface area contributed by atoms with Gasteiger partial charge in [-0.2, -0.15) is 0 Å². The van der Waals surface area contributed by atoms with Gasteiger partial charge in [-0.3, -0.25) is 0 Å². The van der Waals surface area contributed by atoms with Crippen LogP contribution in [0, 0.1) is 0 Å². The Morgan fingerprint density at radius 1 is 0.442 bits per heavy atom. The number of aromatic nitrogens is 1. The Labute approximate surface area is 302 Å². The standard InChI is InChI=1S/C48H31BN2O/c1-4-14-32(15-5-1)34-24-27-37(28-25-34)50-43-29-26-35(33-16-6-2-7-17-33)30-41(43)49-47-44(50)31-40-38-20-10-12-22-42(38)51(36-18-8-3-9-19-36)48(40)46(47)39-21-11-13-23-45(39)52-49/h1-31H. The Morgan fingerprint density at radius 3 is 1.83 bits per heavy atom. The predicted octanol–water partition coefficient (Wildman–Crippen LogP) is 11.1. The van der Waals surface area contributed by atoms with Crippen LogP contribution < -0.4 is 20.5 Å². The maximum Gasteiger partial charge on any atom is 0.431 e. The Morgan fingerprint density at radius 2 is 1.06 bits per heavy atom. The highest BCUT2D eigenvalue weighted by Gasteiger charge is 2.44. The molecule has 3 heterocycles. The number of anilines is 3. The van der Waals surface area contributed by atoms with E-state index in [0.29, 0.717) is 0 Å². The van der Waals surface area contributed by atoms with Crippen LogP contribution in [0.2, 0.25) is 0 Å². The van der Waals surface area contributed by atoms with Gasteiger partial charge in [-0.05, 0) is 76.2 Å². The Kier molecular flexibility index (Phi) is 6.35. The summed E-state index contributed by atoms with van der Waals surface area (Å²) in [6.07, 6.45) is 0. The van der Waals surface area contributed by atoms with Crippen LogP contribution in [0.15, 0.2) is 188 Å². The summed E-state index contributed by atoms with van der Waals surface area (Å²) in [6, 6.07) is 67.7. The van der Waals surface area contributed by atoms with E-state index in [1.807, 2.05) is 0 Å². The average Bonchev–Trinajstić information content (AvgIpc) is 3.56. The number of hydrogen-bond acceptors (Lipinski definition) is 2. The van der Waals surface area contributed by atoms with E-state index in [0.717, 1.165) is 39.5 Å². The third-order valence-corrected chi connectivity index (χ3v) is 10.8. The van der Waals surface area contributed by atoms with Crippen LogP contribution in [0.1, 0.15) is 0 Å². The summed E-state index contributed by atoms with van der Waals surface area (Å²) in [5.41, 5.74) is 16.3. The summed E-state index contributed by atoms with van der Waals surface area (Å²) in [5, 5.41) is 2.45. The van der Waals surface area contributed by atoms with Crippen LogP contribution in [0.3, 0.4) is 0 Å². The molecule has 0 atom stereocenters. The van der Waals surface area contributed by atoms with Gasteiger partial charge in [-0.15, -0.1) is 0 Å². The molecule has 0 radical (unpaired) electrons. The van der Waals surface area contributed by atoms with Crippen molar-refractivity contribution in [2.45, 2.75) is 0 Å². The van der Waals surface area contributed by atoms with E-state index in [1.54, 1.807) is 0 Å². The van der Waals surface area contributed by atoms with Crippen LogP contribution in [0.5, 0.6) is 5.75 Å². The monoisotopic (exact) mass is 662 g/mol. The lowest BCUT2D eigenvalue weighted by atomic mass is 9.49. The topological polar surface area (TPSA) is 17.4 Å². The van der Waals surface area contributed by atoms with Gasteiger partial charge in [0.2, 0.25) is 0 Å². The second-order valence-corrected chi connectivity index (χ2v) is 13.7. The summed E-state index contributed by atoms with van der Waals surface area (Å²) in [6.45, 7) is -0.301. The first-order chi connectivity index (χ1) is 25.8. The fourth-order valence-electron chi connectivity index (χ4n) is 8.50. The van der Waals surface area contributed by atoms with Crippen molar-refractivity contribution < 1.29 is 4.65 Å². The molecule has 0 N–H and O–H groups in total. The minimum atomic E-state index is -0.301. The van der Waals surface area contributed by atoms with Crippen molar-refractivity contribution in [3.05, 3.63) is 188 Å². The summed E-state index contributed by atoms with van der Waals surface area (Å²) in [5.74, 6) is 0.903. The van der Waals surface area contributed by atoms with Crippen LogP contribution in [0.4, 0.5) is 17.1 Å². The molecule has 52 heavy (non-hydrogen) atoms. The summed E-state index contributed by atoms with van der Waals surface area (Å²) in [7, 11) is 0. The van der Waals surface area contributed by atoms with E-state index in [9.17, 15) is 0 Å². The molecule has 0 saturated heterocycles. The fraction of sp³-hybridized carbons (Fsp3) is 0. The quantitative estimate of drug-likeness (QED) is 0.175. The van der Waals surface area contributed by atoms with Gasteiger partial charge in [-0.25, -0.2) is 0 Å². The molecule has 4 heteroatoms. The number of hydrogen-bond donors (Lipinski definition) is 0. The smallest absolute Gasteiger partial charge is 0.431 e. The second-order valence-electron chi connectivity index (χ2n) is 13.7. The lowest BCUT2D eigenvalue weighted by Crippen LogP contribution is -2.56. The SMILES string of the molecule is c1ccc(-c2ccc(N3c4ccc(-c5ccccc5)cc4B4Oc5ccccc5-c5c4c3cc3c4ccccc4n(-c4ccccc4)c53)cc2)cc1. The molecular weight excluding hydrogens is 631 g/mol. The molecular formula is C48H31BN2O. The van der Waals surface area contributed by atoms with Gasteiger partial charge in [0, 0.05) is 50.1 Å². The van der Waals surface area contributed by atoms with E-state index in [4.69, 9.17) is 4.65 Å². The third kappa shape index (κ3) is 4.28. The van der Waals surface area contributed by atoms with E-state index in [1.165, 1.54) is 55.1 Å². The number of benzene rings is 8. The van der Waals surface area contributed by atoms with Gasteiger partial charge in [0.1, 0.15) is 5.75 Å². The Bertz CT molecular complexity index is 2810. The van der Waals surface area contributed by atoms with Gasteiger partial charge >= 0.3 is 6.92 Å². The molecule has 0 amide bonds. The summed E-state index contributed by atoms with van der Waals surface area (Å²) >= 11 is 0. The maximum atomic E-state index is 7.15. The van der Waals surface area contributed by atoms with Crippen molar-refractivity contribution in [2.75, 3.05) is 4.90 Å². The molecule has 0 spiro atoms. The van der Waals surface area contributed by atoms with Gasteiger partial charge in [0.05, 0.1) is 11.0 Å². The van der Waals surface area contributed by atoms with Crippen molar-refractivity contribution in [3.63, 3.8) is 0 Å². The number of para-hydroxylation sites is 3. The normalized spacial score (nSPS) is 12.7. The van der Waals surface area contributed by atoms with E-state index in [2.05, 4.69) is 198 Å². The van der Waals surface area contributed by atoms with E-state index in [-0.39, 0.29) is 6.92 Å². The highest BCUT2D eigenvalue weighted by atomic mass is 16.4. The first-order valence-electron chi connectivity index (χ1n) is 17.9. The molecule has 3 nitrogen and oxygen atoms in total. The number of rotatable bonds is 4. The van der Waals surface area contributed by atoms with E-state index < -0.39 is 0 Å². The van der Waals surface area contributed by atoms with Crippen LogP contribution >= 0.6 is 0 Å². The van der Waals surface area contributed by atoms with Crippen LogP contribution in [0.25, 0.3) is 60.9 Å². The molecule has 0 unspecified atom stereocenters. The Balaban J connectivity index is 1.26. The first kappa shape index (κ1) is 29.0. The van der Waals surface area contributed by atoms with Gasteiger partial charge in [0.15, 0.2) is 0 Å². The zero-order valence-corrected chi connectivity index (χ0v) is 28.3. The minimum absolute atomic E-state index is 0.301. The maximum absolute atomic E-state index is 7.15. The zero-order valence-electron chi connectivity index (χ0n) is 28.3. The molecule has 1 aromatic heterocycles. The third-order valence-electron chi connectivity index (χ3n) is 10.8.